The third-order valence-electron chi connectivity index (χ3n) is 2.74. The summed E-state index contributed by atoms with van der Waals surface area (Å²) < 4.78 is 0. The maximum Gasteiger partial charge on any atom is 0.123 e. The number of hydrogen-bond acceptors (Lipinski definition) is 3. The van der Waals surface area contributed by atoms with Crippen molar-refractivity contribution in [1.82, 2.24) is 9.88 Å². The third kappa shape index (κ3) is 3.88. The number of aromatic nitrogens is 1. The van der Waals surface area contributed by atoms with Crippen molar-refractivity contribution >= 4 is 5.82 Å². The van der Waals surface area contributed by atoms with Crippen LogP contribution in [0.25, 0.3) is 0 Å². The highest BCUT2D eigenvalue weighted by molar-refractivity contribution is 5.31. The summed E-state index contributed by atoms with van der Waals surface area (Å²) in [4.78, 5) is 6.33. The van der Waals surface area contributed by atoms with Gasteiger partial charge in [-0.3, -0.25) is 4.90 Å². The first kappa shape index (κ1) is 12.0. The molecule has 0 bridgehead atoms. The Balaban J connectivity index is 2.54. The Hall–Kier alpha value is -1.09. The molecule has 15 heavy (non-hydrogen) atoms. The average Bonchev–Trinajstić information content (AvgIpc) is 2.18. The summed E-state index contributed by atoms with van der Waals surface area (Å²) in [6.07, 6.45) is 4.23. The van der Waals surface area contributed by atoms with Gasteiger partial charge in [0.25, 0.3) is 0 Å². The molecule has 1 unspecified atom stereocenters. The van der Waals surface area contributed by atoms with Crippen molar-refractivity contribution < 1.29 is 0 Å². The first-order chi connectivity index (χ1) is 7.13. The monoisotopic (exact) mass is 207 g/mol. The van der Waals surface area contributed by atoms with E-state index in [4.69, 9.17) is 5.73 Å². The van der Waals surface area contributed by atoms with Crippen LogP contribution >= 0.6 is 0 Å². The second-order valence-corrected chi connectivity index (χ2v) is 4.14. The molecule has 3 nitrogen and oxygen atoms in total. The molecule has 0 aliphatic rings. The van der Waals surface area contributed by atoms with Crippen molar-refractivity contribution in [2.24, 2.45) is 0 Å². The lowest BCUT2D eigenvalue weighted by molar-refractivity contribution is 0.237. The van der Waals surface area contributed by atoms with Crippen LogP contribution in [0, 0.1) is 0 Å². The Bertz CT molecular complexity index is 299. The maximum atomic E-state index is 5.64. The Morgan fingerprint density at radius 3 is 2.87 bits per heavy atom. The number of rotatable bonds is 5. The lowest BCUT2D eigenvalue weighted by Crippen LogP contribution is -2.28. The fourth-order valence-corrected chi connectivity index (χ4v) is 1.67. The van der Waals surface area contributed by atoms with Gasteiger partial charge >= 0.3 is 0 Å². The van der Waals surface area contributed by atoms with Crippen LogP contribution in [-0.2, 0) is 6.54 Å². The number of anilines is 1. The number of hydrogen-bond donors (Lipinski definition) is 1. The topological polar surface area (TPSA) is 42.2 Å². The van der Waals surface area contributed by atoms with E-state index in [0.717, 1.165) is 6.54 Å². The highest BCUT2D eigenvalue weighted by atomic mass is 15.1. The van der Waals surface area contributed by atoms with Crippen LogP contribution in [-0.4, -0.2) is 23.0 Å². The fraction of sp³-hybridized carbons (Fsp3) is 0.583. The van der Waals surface area contributed by atoms with Gasteiger partial charge in [-0.25, -0.2) is 4.98 Å². The summed E-state index contributed by atoms with van der Waals surface area (Å²) in [5.41, 5.74) is 6.87. The smallest absolute Gasteiger partial charge is 0.123 e. The maximum absolute atomic E-state index is 5.64. The van der Waals surface area contributed by atoms with Gasteiger partial charge in [0.05, 0.1) is 0 Å². The highest BCUT2D eigenvalue weighted by Gasteiger charge is 2.08. The first-order valence-corrected chi connectivity index (χ1v) is 5.54. The third-order valence-corrected chi connectivity index (χ3v) is 2.74. The quantitative estimate of drug-likeness (QED) is 0.805. The van der Waals surface area contributed by atoms with Gasteiger partial charge in [-0.2, -0.15) is 0 Å². The van der Waals surface area contributed by atoms with Gasteiger partial charge < -0.3 is 5.73 Å². The van der Waals surface area contributed by atoms with Crippen molar-refractivity contribution in [3.05, 3.63) is 23.9 Å². The molecule has 0 spiro atoms. The summed E-state index contributed by atoms with van der Waals surface area (Å²) in [5.74, 6) is 0.601. The molecular formula is C12H21N3. The Morgan fingerprint density at radius 1 is 1.53 bits per heavy atom. The minimum Gasteiger partial charge on any atom is -0.384 e. The molecule has 0 amide bonds. The zero-order valence-electron chi connectivity index (χ0n) is 9.90. The largest absolute Gasteiger partial charge is 0.384 e. The van der Waals surface area contributed by atoms with Crippen LogP contribution < -0.4 is 5.73 Å². The van der Waals surface area contributed by atoms with E-state index in [9.17, 15) is 0 Å². The van der Waals surface area contributed by atoms with Crippen LogP contribution in [0.4, 0.5) is 5.82 Å². The number of nitrogens with two attached hydrogens (primary N) is 1. The van der Waals surface area contributed by atoms with Crippen LogP contribution in [0.2, 0.25) is 0 Å². The van der Waals surface area contributed by atoms with E-state index in [-0.39, 0.29) is 0 Å². The first-order valence-electron chi connectivity index (χ1n) is 5.54. The molecule has 0 fully saturated rings. The molecule has 0 saturated heterocycles. The number of pyridine rings is 1. The number of nitrogen functional groups attached to an aromatic ring is 1. The minimum atomic E-state index is 0.601. The van der Waals surface area contributed by atoms with E-state index in [1.165, 1.54) is 18.4 Å². The number of nitrogens with zero attached hydrogens (tertiary/aromatic N) is 2. The second-order valence-electron chi connectivity index (χ2n) is 4.14. The molecule has 84 valence electrons. The molecule has 1 rings (SSSR count). The molecule has 3 heteroatoms. The molecule has 1 aromatic heterocycles. The molecule has 0 aliphatic heterocycles. The van der Waals surface area contributed by atoms with Gasteiger partial charge in [-0.1, -0.05) is 13.3 Å². The van der Waals surface area contributed by atoms with Crippen LogP contribution in [0.3, 0.4) is 0 Å². The fourth-order valence-electron chi connectivity index (χ4n) is 1.67. The molecule has 2 N–H and O–H groups in total. The summed E-state index contributed by atoms with van der Waals surface area (Å²) in [6, 6.07) is 4.57. The van der Waals surface area contributed by atoms with E-state index >= 15 is 0 Å². The van der Waals surface area contributed by atoms with Crippen molar-refractivity contribution in [1.29, 1.82) is 0 Å². The molecular weight excluding hydrogens is 186 g/mol. The van der Waals surface area contributed by atoms with Crippen molar-refractivity contribution in [2.45, 2.75) is 39.3 Å². The van der Waals surface area contributed by atoms with Gasteiger partial charge in [0.1, 0.15) is 5.82 Å². The molecule has 0 aromatic carbocycles. The van der Waals surface area contributed by atoms with Crippen molar-refractivity contribution in [3.8, 4) is 0 Å². The van der Waals surface area contributed by atoms with E-state index in [1.807, 2.05) is 12.1 Å². The average molecular weight is 207 g/mol. The molecule has 1 atom stereocenters. The van der Waals surface area contributed by atoms with Crippen molar-refractivity contribution in [3.63, 3.8) is 0 Å². The molecule has 1 aromatic rings. The van der Waals surface area contributed by atoms with Gasteiger partial charge in [-0.05, 0) is 38.1 Å². The standard InChI is InChI=1S/C12H21N3/c1-4-5-10(2)15(3)9-11-6-7-14-12(13)8-11/h6-8,10H,4-5,9H2,1-3H3,(H2,13,14). The highest BCUT2D eigenvalue weighted by Crippen LogP contribution is 2.10. The predicted molar refractivity (Wildman–Crippen MR) is 64.5 cm³/mol. The SMILES string of the molecule is CCCC(C)N(C)Cc1ccnc(N)c1. The van der Waals surface area contributed by atoms with Crippen LogP contribution in [0.1, 0.15) is 32.3 Å². The summed E-state index contributed by atoms with van der Waals surface area (Å²) in [5, 5.41) is 0. The van der Waals surface area contributed by atoms with Crippen molar-refractivity contribution in [2.75, 3.05) is 12.8 Å². The molecule has 1 heterocycles. The molecule has 0 aliphatic carbocycles. The second kappa shape index (κ2) is 5.71. The minimum absolute atomic E-state index is 0.601. The zero-order chi connectivity index (χ0) is 11.3. The van der Waals surface area contributed by atoms with Gasteiger partial charge in [0.2, 0.25) is 0 Å². The lowest BCUT2D eigenvalue weighted by Gasteiger charge is -2.24. The summed E-state index contributed by atoms with van der Waals surface area (Å²) >= 11 is 0. The summed E-state index contributed by atoms with van der Waals surface area (Å²) in [6.45, 7) is 5.41. The molecule has 0 saturated carbocycles. The van der Waals surface area contributed by atoms with E-state index in [0.29, 0.717) is 11.9 Å². The van der Waals surface area contributed by atoms with E-state index in [1.54, 1.807) is 6.20 Å². The Kier molecular flexibility index (Phi) is 4.56. The predicted octanol–water partition coefficient (Wildman–Crippen LogP) is 2.28. The Labute approximate surface area is 92.3 Å². The van der Waals surface area contributed by atoms with Gasteiger partial charge in [-0.15, -0.1) is 0 Å². The van der Waals surface area contributed by atoms with E-state index in [2.05, 4.69) is 30.8 Å². The van der Waals surface area contributed by atoms with Gasteiger partial charge in [0.15, 0.2) is 0 Å². The van der Waals surface area contributed by atoms with Crippen LogP contribution in [0.15, 0.2) is 18.3 Å². The normalized spacial score (nSPS) is 13.1. The zero-order valence-corrected chi connectivity index (χ0v) is 9.90. The molecule has 0 radical (unpaired) electrons. The lowest BCUT2D eigenvalue weighted by atomic mass is 10.1. The Morgan fingerprint density at radius 2 is 2.27 bits per heavy atom. The van der Waals surface area contributed by atoms with Gasteiger partial charge in [0, 0.05) is 18.8 Å². The summed E-state index contributed by atoms with van der Waals surface area (Å²) in [7, 11) is 2.15. The van der Waals surface area contributed by atoms with Crippen LogP contribution in [0.5, 0.6) is 0 Å². The van der Waals surface area contributed by atoms with E-state index < -0.39 is 0 Å².